The maximum Gasteiger partial charge on any atom is 0.339 e. The zero-order valence-corrected chi connectivity index (χ0v) is 16.7. The number of hydrogen-bond acceptors (Lipinski definition) is 5. The average molecular weight is 376 g/mol. The normalized spacial score (nSPS) is 15.5. The fourth-order valence-electron chi connectivity index (χ4n) is 3.47. The molecule has 0 atom stereocenters. The Hall–Kier alpha value is -2.21. The van der Waals surface area contributed by atoms with Crippen molar-refractivity contribution < 1.29 is 22.4 Å². The molecule has 1 aliphatic rings. The number of benzene rings is 2. The first-order valence-electron chi connectivity index (χ1n) is 8.49. The Morgan fingerprint density at radius 1 is 1.08 bits per heavy atom. The number of rotatable bonds is 3. The van der Waals surface area contributed by atoms with Crippen LogP contribution in [0.5, 0.6) is 17.2 Å². The van der Waals surface area contributed by atoms with Gasteiger partial charge in [-0.2, -0.15) is 8.42 Å². The third kappa shape index (κ3) is 3.03. The van der Waals surface area contributed by atoms with Gasteiger partial charge in [0.15, 0.2) is 0 Å². The van der Waals surface area contributed by atoms with Crippen LogP contribution in [0, 0.1) is 27.7 Å². The summed E-state index contributed by atoms with van der Waals surface area (Å²) in [7, 11) is -4.02. The van der Waals surface area contributed by atoms with Gasteiger partial charge in [0.1, 0.15) is 27.7 Å². The number of aromatic hydroxyl groups is 1. The molecule has 0 unspecified atom stereocenters. The van der Waals surface area contributed by atoms with Crippen LogP contribution in [-0.4, -0.2) is 19.1 Å². The smallest absolute Gasteiger partial charge is 0.339 e. The van der Waals surface area contributed by atoms with Gasteiger partial charge in [-0.05, 0) is 82.0 Å². The van der Waals surface area contributed by atoms with Gasteiger partial charge < -0.3 is 14.0 Å². The lowest BCUT2D eigenvalue weighted by Crippen LogP contribution is -2.24. The van der Waals surface area contributed by atoms with Gasteiger partial charge in [0, 0.05) is 12.0 Å². The van der Waals surface area contributed by atoms with E-state index in [1.165, 1.54) is 18.2 Å². The summed E-state index contributed by atoms with van der Waals surface area (Å²) in [5.74, 6) is 1.05. The van der Waals surface area contributed by atoms with E-state index in [-0.39, 0.29) is 22.0 Å². The largest absolute Gasteiger partial charge is 0.508 e. The summed E-state index contributed by atoms with van der Waals surface area (Å²) in [4.78, 5) is 0.195. The number of hydrogen-bond donors (Lipinski definition) is 1. The Balaban J connectivity index is 2.12. The van der Waals surface area contributed by atoms with Gasteiger partial charge in [-0.15, -0.1) is 0 Å². The molecule has 0 amide bonds. The summed E-state index contributed by atoms with van der Waals surface area (Å²) in [6.45, 7) is 11.1. The molecule has 0 radical (unpaired) electrons. The number of aryl methyl sites for hydroxylation is 1. The Morgan fingerprint density at radius 3 is 2.35 bits per heavy atom. The minimum Gasteiger partial charge on any atom is -0.508 e. The van der Waals surface area contributed by atoms with Crippen LogP contribution in [0.3, 0.4) is 0 Å². The third-order valence-electron chi connectivity index (χ3n) is 4.92. The molecule has 2 aromatic carbocycles. The molecule has 140 valence electrons. The van der Waals surface area contributed by atoms with Crippen LogP contribution < -0.4 is 8.92 Å². The lowest BCUT2D eigenvalue weighted by molar-refractivity contribution is 0.137. The van der Waals surface area contributed by atoms with E-state index in [9.17, 15) is 13.5 Å². The highest BCUT2D eigenvalue weighted by Gasteiger charge is 2.37. The Labute approximate surface area is 154 Å². The first-order valence-corrected chi connectivity index (χ1v) is 9.89. The first-order chi connectivity index (χ1) is 11.9. The molecule has 3 rings (SSSR count). The van der Waals surface area contributed by atoms with Crippen molar-refractivity contribution in [1.82, 2.24) is 0 Å². The Bertz CT molecular complexity index is 1000. The Kier molecular flexibility index (Phi) is 4.22. The fraction of sp³-hybridized carbons (Fsp3) is 0.400. The molecule has 6 heteroatoms. The van der Waals surface area contributed by atoms with Crippen LogP contribution in [0.15, 0.2) is 23.1 Å². The lowest BCUT2D eigenvalue weighted by atomic mass is 9.94. The van der Waals surface area contributed by atoms with Gasteiger partial charge in [-0.25, -0.2) is 0 Å². The molecule has 0 fully saturated rings. The van der Waals surface area contributed by atoms with Crippen LogP contribution in [0.4, 0.5) is 0 Å². The summed E-state index contributed by atoms with van der Waals surface area (Å²) in [5, 5.41) is 9.62. The van der Waals surface area contributed by atoms with Gasteiger partial charge in [0.2, 0.25) is 0 Å². The molecule has 1 aliphatic heterocycles. The highest BCUT2D eigenvalue weighted by molar-refractivity contribution is 7.87. The predicted octanol–water partition coefficient (Wildman–Crippen LogP) is 4.11. The molecule has 0 saturated heterocycles. The van der Waals surface area contributed by atoms with Crippen LogP contribution >= 0.6 is 0 Å². The van der Waals surface area contributed by atoms with Crippen molar-refractivity contribution in [2.75, 3.05) is 0 Å². The summed E-state index contributed by atoms with van der Waals surface area (Å²) < 4.78 is 37.5. The monoisotopic (exact) mass is 376 g/mol. The van der Waals surface area contributed by atoms with Crippen LogP contribution in [-0.2, 0) is 16.5 Å². The standard InChI is InChI=1S/C20H24O5S/c1-11-9-15(7-8-17(11)21)25-26(22,23)19-13(3)12(2)18-16(14(19)4)10-20(5,6)24-18/h7-9,21H,10H2,1-6H3. The molecule has 1 heterocycles. The van der Waals surface area contributed by atoms with Crippen molar-refractivity contribution >= 4 is 10.1 Å². The fourth-order valence-corrected chi connectivity index (χ4v) is 4.93. The molecule has 0 aromatic heterocycles. The van der Waals surface area contributed by atoms with Crippen LogP contribution in [0.1, 0.15) is 41.7 Å². The lowest BCUT2D eigenvalue weighted by Gasteiger charge is -2.19. The van der Waals surface area contributed by atoms with E-state index >= 15 is 0 Å². The summed E-state index contributed by atoms with van der Waals surface area (Å²) in [6, 6.07) is 4.37. The SMILES string of the molecule is Cc1cc(OS(=O)(=O)c2c(C)c(C)c3c(c2C)CC(C)(C)O3)ccc1O. The molecule has 5 nitrogen and oxygen atoms in total. The average Bonchev–Trinajstić information content (AvgIpc) is 2.84. The number of fused-ring (bicyclic) bond motifs is 1. The van der Waals surface area contributed by atoms with E-state index in [2.05, 4.69) is 0 Å². The quantitative estimate of drug-likeness (QED) is 0.816. The van der Waals surface area contributed by atoms with Gasteiger partial charge in [-0.1, -0.05) is 0 Å². The van der Waals surface area contributed by atoms with Crippen molar-refractivity contribution in [2.45, 2.75) is 58.5 Å². The Morgan fingerprint density at radius 2 is 1.73 bits per heavy atom. The predicted molar refractivity (Wildman–Crippen MR) is 99.7 cm³/mol. The maximum absolute atomic E-state index is 13.0. The van der Waals surface area contributed by atoms with Gasteiger partial charge in [0.05, 0.1) is 0 Å². The van der Waals surface area contributed by atoms with Gasteiger partial charge in [-0.3, -0.25) is 0 Å². The van der Waals surface area contributed by atoms with Crippen molar-refractivity contribution in [3.63, 3.8) is 0 Å². The van der Waals surface area contributed by atoms with Crippen molar-refractivity contribution in [3.05, 3.63) is 46.0 Å². The van der Waals surface area contributed by atoms with Crippen LogP contribution in [0.2, 0.25) is 0 Å². The molecule has 1 N–H and O–H groups in total. The second-order valence-electron chi connectivity index (χ2n) is 7.54. The molecule has 2 aromatic rings. The van der Waals surface area contributed by atoms with Gasteiger partial charge in [0.25, 0.3) is 0 Å². The van der Waals surface area contributed by atoms with Crippen molar-refractivity contribution in [3.8, 4) is 17.2 Å². The zero-order valence-electron chi connectivity index (χ0n) is 15.9. The molecular weight excluding hydrogens is 352 g/mol. The van der Waals surface area contributed by atoms with E-state index in [0.717, 1.165) is 16.9 Å². The van der Waals surface area contributed by atoms with Crippen LogP contribution in [0.25, 0.3) is 0 Å². The van der Waals surface area contributed by atoms with E-state index in [1.807, 2.05) is 20.8 Å². The molecule has 0 spiro atoms. The minimum absolute atomic E-state index is 0.0925. The van der Waals surface area contributed by atoms with E-state index in [4.69, 9.17) is 8.92 Å². The van der Waals surface area contributed by atoms with Gasteiger partial charge >= 0.3 is 10.1 Å². The molecule has 0 aliphatic carbocycles. The van der Waals surface area contributed by atoms with E-state index in [0.29, 0.717) is 23.1 Å². The molecule has 0 bridgehead atoms. The number of phenolic OH excluding ortho intramolecular Hbond substituents is 1. The van der Waals surface area contributed by atoms with Crippen molar-refractivity contribution in [1.29, 1.82) is 0 Å². The second-order valence-corrected chi connectivity index (χ2v) is 9.02. The molecular formula is C20H24O5S. The second kappa shape index (κ2) is 5.91. The summed E-state index contributed by atoms with van der Waals surface area (Å²) >= 11 is 0. The third-order valence-corrected chi connectivity index (χ3v) is 6.44. The number of ether oxygens (including phenoxy) is 1. The topological polar surface area (TPSA) is 72.8 Å². The molecule has 0 saturated carbocycles. The van der Waals surface area contributed by atoms with E-state index in [1.54, 1.807) is 20.8 Å². The summed E-state index contributed by atoms with van der Waals surface area (Å²) in [6.07, 6.45) is 0.649. The van der Waals surface area contributed by atoms with Crippen molar-refractivity contribution in [2.24, 2.45) is 0 Å². The molecule has 26 heavy (non-hydrogen) atoms. The minimum atomic E-state index is -4.02. The highest BCUT2D eigenvalue weighted by atomic mass is 32.2. The first kappa shape index (κ1) is 18.6. The van der Waals surface area contributed by atoms with E-state index < -0.39 is 10.1 Å². The highest BCUT2D eigenvalue weighted by Crippen LogP contribution is 2.44. The zero-order chi connectivity index (χ0) is 19.4. The number of phenols is 1. The maximum atomic E-state index is 13.0. The summed E-state index contributed by atoms with van der Waals surface area (Å²) in [5.41, 5.74) is 3.23.